The van der Waals surface area contributed by atoms with Gasteiger partial charge in [0.1, 0.15) is 0 Å². The van der Waals surface area contributed by atoms with E-state index in [1.165, 1.54) is 18.2 Å². The van der Waals surface area contributed by atoms with Crippen LogP contribution in [-0.2, 0) is 6.18 Å². The van der Waals surface area contributed by atoms with E-state index in [2.05, 4.69) is 6.58 Å². The van der Waals surface area contributed by atoms with Crippen molar-refractivity contribution < 1.29 is 18.3 Å². The third-order valence-corrected chi connectivity index (χ3v) is 2.17. The van der Waals surface area contributed by atoms with Gasteiger partial charge in [0.2, 0.25) is 0 Å². The molecule has 0 fully saturated rings. The molecule has 1 nitrogen and oxygen atoms in total. The summed E-state index contributed by atoms with van der Waals surface area (Å²) >= 11 is 0. The van der Waals surface area contributed by atoms with E-state index in [-0.39, 0.29) is 12.0 Å². The van der Waals surface area contributed by atoms with Crippen LogP contribution in [0.1, 0.15) is 30.6 Å². The molecule has 0 aromatic heterocycles. The molecule has 1 rings (SSSR count). The minimum Gasteiger partial charge on any atom is -0.388 e. The summed E-state index contributed by atoms with van der Waals surface area (Å²) in [5, 5.41) is 9.67. The fourth-order valence-electron chi connectivity index (χ4n) is 1.49. The van der Waals surface area contributed by atoms with E-state index in [0.29, 0.717) is 5.57 Å². The zero-order valence-electron chi connectivity index (χ0n) is 8.88. The molecule has 0 saturated carbocycles. The molecule has 0 saturated heterocycles. The molecular formula is C12H13F3O. The van der Waals surface area contributed by atoms with Crippen molar-refractivity contribution in [2.45, 2.75) is 25.6 Å². The molecule has 1 unspecified atom stereocenters. The zero-order valence-corrected chi connectivity index (χ0v) is 8.88. The number of aliphatic hydroxyl groups is 1. The molecule has 16 heavy (non-hydrogen) atoms. The van der Waals surface area contributed by atoms with Crippen LogP contribution in [0.3, 0.4) is 0 Å². The van der Waals surface area contributed by atoms with Crippen LogP contribution in [0.15, 0.2) is 36.4 Å². The van der Waals surface area contributed by atoms with Crippen LogP contribution in [0.4, 0.5) is 13.2 Å². The number of hydrogen-bond acceptors (Lipinski definition) is 1. The average molecular weight is 230 g/mol. The Bertz CT molecular complexity index is 382. The highest BCUT2D eigenvalue weighted by Crippen LogP contribution is 2.35. The van der Waals surface area contributed by atoms with E-state index in [1.807, 2.05) is 0 Å². The summed E-state index contributed by atoms with van der Waals surface area (Å²) < 4.78 is 37.8. The topological polar surface area (TPSA) is 20.2 Å². The van der Waals surface area contributed by atoms with Crippen LogP contribution in [0.2, 0.25) is 0 Å². The van der Waals surface area contributed by atoms with Gasteiger partial charge in [-0.05, 0) is 25.0 Å². The van der Waals surface area contributed by atoms with Gasteiger partial charge in [0.05, 0.1) is 11.7 Å². The van der Waals surface area contributed by atoms with Crippen molar-refractivity contribution in [1.29, 1.82) is 0 Å². The molecule has 0 amide bonds. The smallest absolute Gasteiger partial charge is 0.388 e. The van der Waals surface area contributed by atoms with Gasteiger partial charge in [-0.1, -0.05) is 23.8 Å². The van der Waals surface area contributed by atoms with Crippen molar-refractivity contribution in [1.82, 2.24) is 0 Å². The molecule has 0 radical (unpaired) electrons. The normalized spacial score (nSPS) is 13.6. The van der Waals surface area contributed by atoms with E-state index < -0.39 is 17.8 Å². The van der Waals surface area contributed by atoms with Crippen molar-refractivity contribution >= 4 is 0 Å². The molecule has 1 aromatic carbocycles. The molecule has 0 bridgehead atoms. The van der Waals surface area contributed by atoms with E-state index in [9.17, 15) is 18.3 Å². The maximum absolute atomic E-state index is 12.6. The Balaban J connectivity index is 3.08. The van der Waals surface area contributed by atoms with Crippen molar-refractivity contribution in [3.05, 3.63) is 47.5 Å². The van der Waals surface area contributed by atoms with Crippen LogP contribution in [-0.4, -0.2) is 5.11 Å². The SMILES string of the molecule is C=C(C)CC(O)c1ccccc1C(F)(F)F. The maximum Gasteiger partial charge on any atom is 0.416 e. The van der Waals surface area contributed by atoms with Gasteiger partial charge < -0.3 is 5.11 Å². The second-order valence-electron chi connectivity index (χ2n) is 3.76. The second-order valence-corrected chi connectivity index (χ2v) is 3.76. The maximum atomic E-state index is 12.6. The average Bonchev–Trinajstić information content (AvgIpc) is 2.15. The number of rotatable bonds is 3. The molecule has 1 atom stereocenters. The summed E-state index contributed by atoms with van der Waals surface area (Å²) in [6, 6.07) is 5.04. The van der Waals surface area contributed by atoms with E-state index in [4.69, 9.17) is 0 Å². The lowest BCUT2D eigenvalue weighted by molar-refractivity contribution is -0.139. The first-order valence-corrected chi connectivity index (χ1v) is 4.81. The molecule has 4 heteroatoms. The first-order valence-electron chi connectivity index (χ1n) is 4.81. The van der Waals surface area contributed by atoms with Crippen molar-refractivity contribution in [2.75, 3.05) is 0 Å². The van der Waals surface area contributed by atoms with Gasteiger partial charge in [0, 0.05) is 0 Å². The summed E-state index contributed by atoms with van der Waals surface area (Å²) in [7, 11) is 0. The largest absolute Gasteiger partial charge is 0.416 e. The van der Waals surface area contributed by atoms with Crippen LogP contribution in [0, 0.1) is 0 Å². The third-order valence-electron chi connectivity index (χ3n) is 2.17. The molecule has 0 aliphatic rings. The Labute approximate surface area is 92.2 Å². The number of halogens is 3. The Kier molecular flexibility index (Phi) is 3.75. The number of hydrogen-bond donors (Lipinski definition) is 1. The second kappa shape index (κ2) is 4.70. The van der Waals surface area contributed by atoms with Gasteiger partial charge in [0.25, 0.3) is 0 Å². The standard InChI is InChI=1S/C12H13F3O/c1-8(2)7-11(16)9-5-3-4-6-10(9)12(13,14)15/h3-6,11,16H,1,7H2,2H3. The lowest BCUT2D eigenvalue weighted by atomic mass is 9.98. The van der Waals surface area contributed by atoms with Crippen molar-refractivity contribution in [3.63, 3.8) is 0 Å². The highest BCUT2D eigenvalue weighted by Gasteiger charge is 2.34. The van der Waals surface area contributed by atoms with Crippen LogP contribution in [0.25, 0.3) is 0 Å². The number of alkyl halides is 3. The molecule has 1 aromatic rings. The Morgan fingerprint density at radius 2 is 1.94 bits per heavy atom. The van der Waals surface area contributed by atoms with Gasteiger partial charge >= 0.3 is 6.18 Å². The lowest BCUT2D eigenvalue weighted by Gasteiger charge is -2.17. The summed E-state index contributed by atoms with van der Waals surface area (Å²) in [4.78, 5) is 0. The predicted octanol–water partition coefficient (Wildman–Crippen LogP) is 3.71. The van der Waals surface area contributed by atoms with Crippen LogP contribution >= 0.6 is 0 Å². The molecule has 1 N–H and O–H groups in total. The van der Waals surface area contributed by atoms with E-state index in [1.54, 1.807) is 6.92 Å². The van der Waals surface area contributed by atoms with Crippen LogP contribution < -0.4 is 0 Å². The fraction of sp³-hybridized carbons (Fsp3) is 0.333. The van der Waals surface area contributed by atoms with Crippen LogP contribution in [0.5, 0.6) is 0 Å². The third kappa shape index (κ3) is 3.10. The van der Waals surface area contributed by atoms with Gasteiger partial charge in [-0.15, -0.1) is 6.58 Å². The number of benzene rings is 1. The van der Waals surface area contributed by atoms with Crippen molar-refractivity contribution in [2.24, 2.45) is 0 Å². The summed E-state index contributed by atoms with van der Waals surface area (Å²) in [5.41, 5.74) is -0.244. The minimum atomic E-state index is -4.44. The van der Waals surface area contributed by atoms with E-state index in [0.717, 1.165) is 6.07 Å². The Morgan fingerprint density at radius 3 is 2.44 bits per heavy atom. The van der Waals surface area contributed by atoms with Gasteiger partial charge in [-0.2, -0.15) is 13.2 Å². The summed E-state index contributed by atoms with van der Waals surface area (Å²) in [6.07, 6.45) is -5.46. The monoisotopic (exact) mass is 230 g/mol. The molecule has 0 heterocycles. The Hall–Kier alpha value is -1.29. The van der Waals surface area contributed by atoms with Crippen molar-refractivity contribution in [3.8, 4) is 0 Å². The van der Waals surface area contributed by atoms with E-state index >= 15 is 0 Å². The Morgan fingerprint density at radius 1 is 1.38 bits per heavy atom. The lowest BCUT2D eigenvalue weighted by Crippen LogP contribution is -2.12. The molecule has 0 aliphatic heterocycles. The fourth-order valence-corrected chi connectivity index (χ4v) is 1.49. The summed E-state index contributed by atoms with van der Waals surface area (Å²) in [5.74, 6) is 0. The first-order chi connectivity index (χ1) is 7.32. The highest BCUT2D eigenvalue weighted by atomic mass is 19.4. The molecular weight excluding hydrogens is 217 g/mol. The predicted molar refractivity (Wildman–Crippen MR) is 55.8 cm³/mol. The minimum absolute atomic E-state index is 0.0991. The van der Waals surface area contributed by atoms with Gasteiger partial charge in [0.15, 0.2) is 0 Å². The molecule has 0 aliphatic carbocycles. The van der Waals surface area contributed by atoms with Gasteiger partial charge in [-0.3, -0.25) is 0 Å². The molecule has 88 valence electrons. The number of aliphatic hydroxyl groups excluding tert-OH is 1. The summed E-state index contributed by atoms with van der Waals surface area (Å²) in [6.45, 7) is 5.24. The quantitative estimate of drug-likeness (QED) is 0.785. The highest BCUT2D eigenvalue weighted by molar-refractivity contribution is 5.32. The van der Waals surface area contributed by atoms with Gasteiger partial charge in [-0.25, -0.2) is 0 Å². The first kappa shape index (κ1) is 12.8. The zero-order chi connectivity index (χ0) is 12.3. The molecule has 0 spiro atoms.